The molecule has 0 aromatic carbocycles. The summed E-state index contributed by atoms with van der Waals surface area (Å²) in [7, 11) is 0. The van der Waals surface area contributed by atoms with Gasteiger partial charge in [-0.3, -0.25) is 0 Å². The summed E-state index contributed by atoms with van der Waals surface area (Å²) in [4.78, 5) is 0. The first kappa shape index (κ1) is 11.8. The Morgan fingerprint density at radius 3 is 2.39 bits per heavy atom. The highest BCUT2D eigenvalue weighted by atomic mass is 16.6. The molecule has 0 atom stereocenters. The Hall–Kier alpha value is -2.72. The number of hydrogen-bond acceptors (Lipinski definition) is 10. The first-order valence-corrected chi connectivity index (χ1v) is 5.07. The van der Waals surface area contributed by atoms with Gasteiger partial charge in [0.2, 0.25) is 17.5 Å². The van der Waals surface area contributed by atoms with Gasteiger partial charge in [-0.1, -0.05) is 12.1 Å². The average Bonchev–Trinajstić information content (AvgIpc) is 2.94. The summed E-state index contributed by atoms with van der Waals surface area (Å²) in [5, 5.41) is 23.0. The first-order valence-electron chi connectivity index (χ1n) is 5.07. The maximum absolute atomic E-state index is 5.57. The van der Waals surface area contributed by atoms with Gasteiger partial charge < -0.3 is 11.5 Å². The van der Waals surface area contributed by atoms with Crippen molar-refractivity contribution >= 4 is 23.3 Å². The molecule has 0 aliphatic carbocycles. The fourth-order valence-electron chi connectivity index (χ4n) is 1.13. The highest BCUT2D eigenvalue weighted by molar-refractivity contribution is 5.55. The van der Waals surface area contributed by atoms with Gasteiger partial charge in [0.05, 0.1) is 0 Å². The van der Waals surface area contributed by atoms with Crippen molar-refractivity contribution in [2.75, 3.05) is 23.0 Å². The summed E-state index contributed by atoms with van der Waals surface area (Å²) >= 11 is 0. The molecule has 18 heavy (non-hydrogen) atoms. The Morgan fingerprint density at radius 1 is 1.11 bits per heavy atom. The minimum absolute atomic E-state index is 0.0430. The van der Waals surface area contributed by atoms with E-state index in [4.69, 9.17) is 11.5 Å². The predicted molar refractivity (Wildman–Crippen MR) is 59.6 cm³/mol. The maximum atomic E-state index is 5.57. The highest BCUT2D eigenvalue weighted by Gasteiger charge is 2.15. The Kier molecular flexibility index (Phi) is 3.31. The van der Waals surface area contributed by atoms with Crippen LogP contribution in [0.15, 0.2) is 19.6 Å². The molecule has 0 aliphatic rings. The number of hydrogen-bond donors (Lipinski definition) is 2. The molecular formula is C7H11N9O2. The summed E-state index contributed by atoms with van der Waals surface area (Å²) < 4.78 is 8.88. The third kappa shape index (κ3) is 2.34. The van der Waals surface area contributed by atoms with Crippen LogP contribution < -0.4 is 16.5 Å². The summed E-state index contributed by atoms with van der Waals surface area (Å²) in [6, 6.07) is 0. The lowest BCUT2D eigenvalue weighted by Crippen LogP contribution is -2.18. The molecular weight excluding hydrogens is 242 g/mol. The molecule has 0 spiro atoms. The monoisotopic (exact) mass is 253 g/mol. The molecule has 96 valence electrons. The second kappa shape index (κ2) is 5.07. The summed E-state index contributed by atoms with van der Waals surface area (Å²) in [5.74, 6) is 0.511. The van der Waals surface area contributed by atoms with Gasteiger partial charge >= 0.3 is 0 Å². The van der Waals surface area contributed by atoms with Gasteiger partial charge in [-0.25, -0.2) is 14.3 Å². The standard InChI is InChI=1S/C7H11N9O2/c1-2-3-16(7-5(9)12-18-14-7)15-10-6-4(8)11-17-13-6/h2-3H2,1H3,(H2,8,11)(H2,9,12). The molecule has 0 amide bonds. The maximum Gasteiger partial charge on any atom is 0.263 e. The van der Waals surface area contributed by atoms with Crippen molar-refractivity contribution in [3.05, 3.63) is 0 Å². The zero-order chi connectivity index (χ0) is 13.0. The molecule has 0 fully saturated rings. The van der Waals surface area contributed by atoms with Crippen LogP contribution in [0.3, 0.4) is 0 Å². The lowest BCUT2D eigenvalue weighted by molar-refractivity contribution is 0.308. The molecule has 0 unspecified atom stereocenters. The molecule has 0 bridgehead atoms. The molecule has 0 saturated heterocycles. The van der Waals surface area contributed by atoms with Gasteiger partial charge in [0, 0.05) is 6.54 Å². The molecule has 2 aromatic rings. The smallest absolute Gasteiger partial charge is 0.263 e. The SMILES string of the molecule is CCCN(N=Nc1nonc1N)c1nonc1N. The van der Waals surface area contributed by atoms with Crippen LogP contribution in [-0.4, -0.2) is 27.2 Å². The molecule has 11 heteroatoms. The Morgan fingerprint density at radius 2 is 1.83 bits per heavy atom. The van der Waals surface area contributed by atoms with Gasteiger partial charge in [0.15, 0.2) is 0 Å². The molecule has 0 radical (unpaired) electrons. The van der Waals surface area contributed by atoms with Crippen molar-refractivity contribution in [2.45, 2.75) is 13.3 Å². The van der Waals surface area contributed by atoms with Crippen LogP contribution in [0.5, 0.6) is 0 Å². The second-order valence-electron chi connectivity index (χ2n) is 3.26. The number of nitrogen functional groups attached to an aromatic ring is 2. The van der Waals surface area contributed by atoms with E-state index in [1.165, 1.54) is 5.01 Å². The van der Waals surface area contributed by atoms with Crippen molar-refractivity contribution < 1.29 is 9.26 Å². The summed E-state index contributed by atoms with van der Waals surface area (Å²) in [5.41, 5.74) is 11.0. The number of nitrogens with two attached hydrogens (primary N) is 2. The Bertz CT molecular complexity index is 533. The van der Waals surface area contributed by atoms with Crippen LogP contribution >= 0.6 is 0 Å². The van der Waals surface area contributed by atoms with E-state index in [0.29, 0.717) is 6.54 Å². The van der Waals surface area contributed by atoms with Gasteiger partial charge in [0.25, 0.3) is 5.82 Å². The summed E-state index contributed by atoms with van der Waals surface area (Å²) in [6.07, 6.45) is 0.790. The lowest BCUT2D eigenvalue weighted by Gasteiger charge is -2.11. The number of anilines is 3. The lowest BCUT2D eigenvalue weighted by atomic mass is 10.4. The second-order valence-corrected chi connectivity index (χ2v) is 3.26. The van der Waals surface area contributed by atoms with E-state index in [-0.39, 0.29) is 23.3 Å². The van der Waals surface area contributed by atoms with Gasteiger partial charge in [0.1, 0.15) is 0 Å². The first-order chi connectivity index (χ1) is 8.72. The van der Waals surface area contributed by atoms with Crippen molar-refractivity contribution in [2.24, 2.45) is 10.3 Å². The van der Waals surface area contributed by atoms with E-state index in [1.54, 1.807) is 0 Å². The minimum atomic E-state index is 0.0430. The van der Waals surface area contributed by atoms with E-state index in [1.807, 2.05) is 6.92 Å². The third-order valence-electron chi connectivity index (χ3n) is 1.92. The molecule has 0 aliphatic heterocycles. The van der Waals surface area contributed by atoms with Gasteiger partial charge in [-0.2, -0.15) is 0 Å². The van der Waals surface area contributed by atoms with Crippen LogP contribution in [0.2, 0.25) is 0 Å². The van der Waals surface area contributed by atoms with Crippen LogP contribution in [0.4, 0.5) is 23.3 Å². The molecule has 0 saturated carbocycles. The van der Waals surface area contributed by atoms with Crippen LogP contribution in [-0.2, 0) is 0 Å². The van der Waals surface area contributed by atoms with E-state index in [2.05, 4.69) is 40.2 Å². The Labute approximate surface area is 101 Å². The normalized spacial score (nSPS) is 11.2. The molecule has 2 aromatic heterocycles. The van der Waals surface area contributed by atoms with E-state index in [9.17, 15) is 0 Å². The topological polar surface area (TPSA) is 158 Å². The van der Waals surface area contributed by atoms with Crippen LogP contribution in [0.1, 0.15) is 13.3 Å². The van der Waals surface area contributed by atoms with Crippen molar-refractivity contribution in [3.63, 3.8) is 0 Å². The zero-order valence-corrected chi connectivity index (χ0v) is 9.52. The van der Waals surface area contributed by atoms with E-state index < -0.39 is 0 Å². The fourth-order valence-corrected chi connectivity index (χ4v) is 1.13. The van der Waals surface area contributed by atoms with E-state index >= 15 is 0 Å². The minimum Gasteiger partial charge on any atom is -0.378 e. The quantitative estimate of drug-likeness (QED) is 0.572. The highest BCUT2D eigenvalue weighted by Crippen LogP contribution is 2.21. The number of rotatable bonds is 5. The zero-order valence-electron chi connectivity index (χ0n) is 9.52. The number of aromatic nitrogens is 4. The molecule has 4 N–H and O–H groups in total. The number of nitrogens with zero attached hydrogens (tertiary/aromatic N) is 7. The molecule has 2 heterocycles. The predicted octanol–water partition coefficient (Wildman–Crippen LogP) is 0.532. The summed E-state index contributed by atoms with van der Waals surface area (Å²) in [6.45, 7) is 2.48. The van der Waals surface area contributed by atoms with Crippen molar-refractivity contribution in [1.82, 2.24) is 20.6 Å². The largest absolute Gasteiger partial charge is 0.378 e. The van der Waals surface area contributed by atoms with Crippen LogP contribution in [0, 0.1) is 0 Å². The Balaban J connectivity index is 2.19. The third-order valence-corrected chi connectivity index (χ3v) is 1.92. The van der Waals surface area contributed by atoms with Gasteiger partial charge in [-0.15, -0.1) is 5.11 Å². The van der Waals surface area contributed by atoms with Crippen molar-refractivity contribution in [3.8, 4) is 0 Å². The molecule has 2 rings (SSSR count). The van der Waals surface area contributed by atoms with Crippen LogP contribution in [0.25, 0.3) is 0 Å². The van der Waals surface area contributed by atoms with Gasteiger partial charge in [-0.05, 0) is 27.0 Å². The fraction of sp³-hybridized carbons (Fsp3) is 0.429. The van der Waals surface area contributed by atoms with Crippen molar-refractivity contribution in [1.29, 1.82) is 0 Å². The molecule has 11 nitrogen and oxygen atoms in total. The average molecular weight is 253 g/mol. The van der Waals surface area contributed by atoms with E-state index in [0.717, 1.165) is 6.42 Å².